The van der Waals surface area contributed by atoms with Crippen LogP contribution in [-0.2, 0) is 22.4 Å². The highest BCUT2D eigenvalue weighted by Crippen LogP contribution is 2.41. The Kier molecular flexibility index (Phi) is 6.70. The van der Waals surface area contributed by atoms with Crippen molar-refractivity contribution < 1.29 is 24.0 Å². The number of esters is 1. The smallest absolute Gasteiger partial charge is 0.345 e. The number of nitro benzene ring substituents is 1. The predicted molar refractivity (Wildman–Crippen MR) is 135 cm³/mol. The SMILES string of the molecule is COC(=O)c1c(C(=O)N2CCC3(CCN(C(=O)CC4Cc5ccccc5C4)CC3)C2)cccc1[N+](=O)[O-]. The monoisotopic (exact) mass is 505 g/mol. The van der Waals surface area contributed by atoms with Gasteiger partial charge < -0.3 is 14.5 Å². The number of rotatable bonds is 5. The van der Waals surface area contributed by atoms with Crippen LogP contribution in [0.5, 0.6) is 0 Å². The van der Waals surface area contributed by atoms with Gasteiger partial charge in [0, 0.05) is 38.7 Å². The van der Waals surface area contributed by atoms with Crippen LogP contribution >= 0.6 is 0 Å². The average Bonchev–Trinajstić information content (AvgIpc) is 3.51. The number of likely N-dealkylation sites (tertiary alicyclic amines) is 2. The molecule has 2 aromatic carbocycles. The van der Waals surface area contributed by atoms with E-state index in [0.29, 0.717) is 38.5 Å². The Morgan fingerprint density at radius 1 is 0.973 bits per heavy atom. The van der Waals surface area contributed by atoms with Crippen LogP contribution in [0.1, 0.15) is 57.5 Å². The van der Waals surface area contributed by atoms with E-state index in [2.05, 4.69) is 24.3 Å². The van der Waals surface area contributed by atoms with Gasteiger partial charge in [-0.2, -0.15) is 0 Å². The third-order valence-corrected chi connectivity index (χ3v) is 8.36. The number of carbonyl (C=O) groups excluding carboxylic acids is 3. The normalized spacial score (nSPS) is 18.6. The zero-order valence-corrected chi connectivity index (χ0v) is 21.0. The molecule has 0 aromatic heterocycles. The van der Waals surface area contributed by atoms with Gasteiger partial charge in [0.1, 0.15) is 5.56 Å². The van der Waals surface area contributed by atoms with Gasteiger partial charge in [0.15, 0.2) is 0 Å². The summed E-state index contributed by atoms with van der Waals surface area (Å²) in [5.74, 6) is -0.737. The molecule has 2 aromatic rings. The standard InChI is InChI=1S/C28H31N3O6/c1-37-27(34)25-22(7-4-8-23(25)31(35)36)26(33)30-14-11-28(18-30)9-12-29(13-10-28)24(32)17-19-15-20-5-2-3-6-21(20)16-19/h2-8,19H,9-18H2,1H3. The minimum absolute atomic E-state index is 0.0109. The minimum Gasteiger partial charge on any atom is -0.465 e. The number of carbonyl (C=O) groups is 3. The molecule has 0 atom stereocenters. The summed E-state index contributed by atoms with van der Waals surface area (Å²) in [7, 11) is 1.14. The highest BCUT2D eigenvalue weighted by atomic mass is 16.6. The molecular weight excluding hydrogens is 474 g/mol. The Labute approximate surface area is 215 Å². The van der Waals surface area contributed by atoms with Gasteiger partial charge in [-0.1, -0.05) is 30.3 Å². The van der Waals surface area contributed by atoms with E-state index >= 15 is 0 Å². The molecule has 5 rings (SSSR count). The lowest BCUT2D eigenvalue weighted by Crippen LogP contribution is -2.45. The second kappa shape index (κ2) is 9.95. The van der Waals surface area contributed by atoms with Gasteiger partial charge in [0.25, 0.3) is 11.6 Å². The maximum atomic E-state index is 13.4. The maximum absolute atomic E-state index is 13.4. The van der Waals surface area contributed by atoms with E-state index in [9.17, 15) is 24.5 Å². The second-order valence-corrected chi connectivity index (χ2v) is 10.6. The first kappa shape index (κ1) is 24.9. The lowest BCUT2D eigenvalue weighted by atomic mass is 9.77. The molecule has 0 radical (unpaired) electrons. The number of benzene rings is 2. The molecule has 1 spiro atoms. The molecule has 2 heterocycles. The maximum Gasteiger partial charge on any atom is 0.345 e. The van der Waals surface area contributed by atoms with Crippen molar-refractivity contribution in [3.8, 4) is 0 Å². The van der Waals surface area contributed by atoms with Crippen LogP contribution < -0.4 is 0 Å². The van der Waals surface area contributed by atoms with Crippen molar-refractivity contribution in [1.82, 2.24) is 9.80 Å². The predicted octanol–water partition coefficient (Wildman–Crippen LogP) is 3.64. The Morgan fingerprint density at radius 3 is 2.19 bits per heavy atom. The van der Waals surface area contributed by atoms with Crippen LogP contribution in [0.2, 0.25) is 0 Å². The number of amides is 2. The summed E-state index contributed by atoms with van der Waals surface area (Å²) in [6.45, 7) is 2.36. The van der Waals surface area contributed by atoms with Gasteiger partial charge in [0.2, 0.25) is 5.91 Å². The molecule has 0 unspecified atom stereocenters. The summed E-state index contributed by atoms with van der Waals surface area (Å²) < 4.78 is 4.74. The second-order valence-electron chi connectivity index (χ2n) is 10.6. The Bertz CT molecular complexity index is 1230. The fourth-order valence-electron chi connectivity index (χ4n) is 6.27. The Morgan fingerprint density at radius 2 is 1.59 bits per heavy atom. The van der Waals surface area contributed by atoms with Crippen molar-refractivity contribution in [2.75, 3.05) is 33.3 Å². The third-order valence-electron chi connectivity index (χ3n) is 8.36. The summed E-state index contributed by atoms with van der Waals surface area (Å²) in [6, 6.07) is 12.5. The minimum atomic E-state index is -0.901. The van der Waals surface area contributed by atoms with Crippen molar-refractivity contribution in [2.24, 2.45) is 11.3 Å². The van der Waals surface area contributed by atoms with E-state index in [1.54, 1.807) is 4.90 Å². The van der Waals surface area contributed by atoms with E-state index in [0.717, 1.165) is 39.2 Å². The quantitative estimate of drug-likeness (QED) is 0.349. The van der Waals surface area contributed by atoms with E-state index in [1.165, 1.54) is 29.3 Å². The molecule has 2 saturated heterocycles. The van der Waals surface area contributed by atoms with Gasteiger partial charge in [-0.15, -0.1) is 0 Å². The third kappa shape index (κ3) is 4.82. The Balaban J connectivity index is 1.20. The first-order chi connectivity index (χ1) is 17.8. The van der Waals surface area contributed by atoms with Crippen molar-refractivity contribution in [3.63, 3.8) is 0 Å². The molecule has 2 fully saturated rings. The van der Waals surface area contributed by atoms with Crippen LogP contribution in [0.15, 0.2) is 42.5 Å². The zero-order valence-electron chi connectivity index (χ0n) is 21.0. The molecular formula is C28H31N3O6. The number of hydrogen-bond donors (Lipinski definition) is 0. The van der Waals surface area contributed by atoms with E-state index in [1.807, 2.05) is 4.90 Å². The van der Waals surface area contributed by atoms with Gasteiger partial charge >= 0.3 is 5.97 Å². The van der Waals surface area contributed by atoms with Gasteiger partial charge in [-0.25, -0.2) is 4.79 Å². The van der Waals surface area contributed by atoms with E-state index < -0.39 is 22.5 Å². The fourth-order valence-corrected chi connectivity index (χ4v) is 6.27. The average molecular weight is 506 g/mol. The lowest BCUT2D eigenvalue weighted by molar-refractivity contribution is -0.385. The molecule has 1 aliphatic carbocycles. The zero-order chi connectivity index (χ0) is 26.2. The molecule has 3 aliphatic rings. The van der Waals surface area contributed by atoms with Crippen LogP contribution in [0, 0.1) is 21.4 Å². The van der Waals surface area contributed by atoms with Crippen LogP contribution in [0.3, 0.4) is 0 Å². The summed E-state index contributed by atoms with van der Waals surface area (Å²) in [4.78, 5) is 53.2. The topological polar surface area (TPSA) is 110 Å². The molecule has 0 saturated carbocycles. The summed E-state index contributed by atoms with van der Waals surface area (Å²) >= 11 is 0. The number of hydrogen-bond acceptors (Lipinski definition) is 6. The lowest BCUT2D eigenvalue weighted by Gasteiger charge is -2.39. The summed E-state index contributed by atoms with van der Waals surface area (Å²) in [5, 5.41) is 11.5. The fraction of sp³-hybridized carbons (Fsp3) is 0.464. The summed E-state index contributed by atoms with van der Waals surface area (Å²) in [6.07, 6.45) is 4.92. The van der Waals surface area contributed by atoms with Crippen LogP contribution in [0.25, 0.3) is 0 Å². The van der Waals surface area contributed by atoms with Gasteiger partial charge in [0.05, 0.1) is 17.6 Å². The van der Waals surface area contributed by atoms with Crippen LogP contribution in [-0.4, -0.2) is 65.8 Å². The molecule has 9 nitrogen and oxygen atoms in total. The van der Waals surface area contributed by atoms with Crippen molar-refractivity contribution >= 4 is 23.5 Å². The molecule has 0 bridgehead atoms. The highest BCUT2D eigenvalue weighted by molar-refractivity contribution is 6.08. The first-order valence-electron chi connectivity index (χ1n) is 12.8. The van der Waals surface area contributed by atoms with E-state index in [-0.39, 0.29) is 22.4 Å². The number of ether oxygens (including phenoxy) is 1. The Hall–Kier alpha value is -3.75. The number of piperidine rings is 1. The van der Waals surface area contributed by atoms with Gasteiger partial charge in [-0.3, -0.25) is 19.7 Å². The molecule has 194 valence electrons. The largest absolute Gasteiger partial charge is 0.465 e. The van der Waals surface area contributed by atoms with Crippen LogP contribution in [0.4, 0.5) is 5.69 Å². The van der Waals surface area contributed by atoms with Crippen molar-refractivity contribution in [1.29, 1.82) is 0 Å². The molecule has 37 heavy (non-hydrogen) atoms. The molecule has 0 N–H and O–H groups in total. The number of fused-ring (bicyclic) bond motifs is 1. The first-order valence-corrected chi connectivity index (χ1v) is 12.8. The van der Waals surface area contributed by atoms with Gasteiger partial charge in [-0.05, 0) is 60.6 Å². The number of nitrogens with zero attached hydrogens (tertiary/aromatic N) is 3. The van der Waals surface area contributed by atoms with E-state index in [4.69, 9.17) is 4.74 Å². The van der Waals surface area contributed by atoms with Crippen molar-refractivity contribution in [2.45, 2.75) is 38.5 Å². The highest BCUT2D eigenvalue weighted by Gasteiger charge is 2.44. The van der Waals surface area contributed by atoms with Crippen molar-refractivity contribution in [3.05, 3.63) is 74.8 Å². The number of methoxy groups -OCH3 is 1. The molecule has 9 heteroatoms. The molecule has 2 aliphatic heterocycles. The summed E-state index contributed by atoms with van der Waals surface area (Å²) in [5.41, 5.74) is 1.87. The molecule has 2 amide bonds. The number of nitro groups is 1.